The molecule has 33 heavy (non-hydrogen) atoms. The zero-order chi connectivity index (χ0) is 23.4. The Morgan fingerprint density at radius 2 is 1.82 bits per heavy atom. The van der Waals surface area contributed by atoms with Gasteiger partial charge in [-0.05, 0) is 68.6 Å². The number of carbonyl (C=O) groups is 2. The Bertz CT molecular complexity index is 810. The van der Waals surface area contributed by atoms with Gasteiger partial charge in [-0.3, -0.25) is 14.5 Å². The molecule has 2 saturated heterocycles. The van der Waals surface area contributed by atoms with Crippen molar-refractivity contribution in [1.29, 1.82) is 0 Å². The van der Waals surface area contributed by atoms with Crippen LogP contribution >= 0.6 is 0 Å². The van der Waals surface area contributed by atoms with Gasteiger partial charge in [0, 0.05) is 26.2 Å². The molecule has 6 heteroatoms. The first-order valence-corrected chi connectivity index (χ1v) is 13.0. The van der Waals surface area contributed by atoms with Crippen molar-refractivity contribution in [3.05, 3.63) is 29.8 Å². The Labute approximate surface area is 199 Å². The van der Waals surface area contributed by atoms with Gasteiger partial charge in [0.2, 0.25) is 11.8 Å². The van der Waals surface area contributed by atoms with Crippen molar-refractivity contribution >= 4 is 11.8 Å². The van der Waals surface area contributed by atoms with Crippen molar-refractivity contribution in [3.63, 3.8) is 0 Å². The topological polar surface area (TPSA) is 61.9 Å². The summed E-state index contributed by atoms with van der Waals surface area (Å²) in [5.41, 5.74) is 0.576. The smallest absolute Gasteiger partial charge is 0.246 e. The first-order valence-electron chi connectivity index (χ1n) is 13.0. The summed E-state index contributed by atoms with van der Waals surface area (Å²) in [6.07, 6.45) is 8.07. The van der Waals surface area contributed by atoms with Gasteiger partial charge < -0.3 is 15.0 Å². The summed E-state index contributed by atoms with van der Waals surface area (Å²) in [6.45, 7) is 9.52. The van der Waals surface area contributed by atoms with Crippen LogP contribution in [0, 0.1) is 5.92 Å². The number of benzene rings is 1. The molecule has 3 fully saturated rings. The van der Waals surface area contributed by atoms with Crippen LogP contribution in [0.25, 0.3) is 0 Å². The average Bonchev–Trinajstić information content (AvgIpc) is 2.77. The second kappa shape index (κ2) is 10.5. The van der Waals surface area contributed by atoms with E-state index in [1.54, 1.807) is 0 Å². The molecule has 182 valence electrons. The minimum absolute atomic E-state index is 0.0565. The highest BCUT2D eigenvalue weighted by molar-refractivity contribution is 6.00. The summed E-state index contributed by atoms with van der Waals surface area (Å²) in [5, 5.41) is 3.10. The predicted octanol–water partition coefficient (Wildman–Crippen LogP) is 4.13. The standard InChI is InChI=1S/C27H41N3O3/c1-4-5-15-30-25(31)24(18-20(2)3)28-26(32)27(30)13-16-29(17-14-27)19-21-9-11-23(12-10-21)33-22-7-6-8-22/h9-12,20,22,24H,4-8,13-19H2,1-3H3,(H,28,32). The fraction of sp³-hybridized carbons (Fsp3) is 0.704. The molecule has 2 amide bonds. The third-order valence-corrected chi connectivity index (χ3v) is 7.62. The van der Waals surface area contributed by atoms with E-state index in [-0.39, 0.29) is 17.9 Å². The highest BCUT2D eigenvalue weighted by atomic mass is 16.5. The molecular formula is C27H41N3O3. The number of nitrogens with zero attached hydrogens (tertiary/aromatic N) is 2. The maximum Gasteiger partial charge on any atom is 0.246 e. The van der Waals surface area contributed by atoms with Gasteiger partial charge in [-0.25, -0.2) is 0 Å². The van der Waals surface area contributed by atoms with Gasteiger partial charge in [-0.2, -0.15) is 0 Å². The van der Waals surface area contributed by atoms with Crippen LogP contribution in [0.2, 0.25) is 0 Å². The lowest BCUT2D eigenvalue weighted by Gasteiger charge is -2.52. The second-order valence-electron chi connectivity index (χ2n) is 10.6. The number of hydrogen-bond acceptors (Lipinski definition) is 4. The molecule has 1 saturated carbocycles. The summed E-state index contributed by atoms with van der Waals surface area (Å²) in [5.74, 6) is 1.50. The molecule has 1 N–H and O–H groups in total. The molecule has 1 unspecified atom stereocenters. The molecule has 1 aromatic rings. The summed E-state index contributed by atoms with van der Waals surface area (Å²) >= 11 is 0. The fourth-order valence-corrected chi connectivity index (χ4v) is 5.34. The normalized spacial score (nSPS) is 23.6. The van der Waals surface area contributed by atoms with Crippen molar-refractivity contribution in [2.45, 2.75) is 96.4 Å². The van der Waals surface area contributed by atoms with Crippen LogP contribution in [-0.2, 0) is 16.1 Å². The third kappa shape index (κ3) is 5.37. The SMILES string of the molecule is CCCCN1C(=O)C(CC(C)C)NC(=O)C12CCN(Cc1ccc(OC3CCC3)cc1)CC2. The van der Waals surface area contributed by atoms with E-state index in [0.29, 0.717) is 37.8 Å². The van der Waals surface area contributed by atoms with Crippen LogP contribution in [-0.4, -0.2) is 58.9 Å². The average molecular weight is 456 g/mol. The Hall–Kier alpha value is -2.08. The van der Waals surface area contributed by atoms with Crippen LogP contribution in [0.4, 0.5) is 0 Å². The van der Waals surface area contributed by atoms with Crippen LogP contribution in [0.5, 0.6) is 5.75 Å². The molecule has 1 aliphatic carbocycles. The number of likely N-dealkylation sites (tertiary alicyclic amines) is 1. The maximum atomic E-state index is 13.4. The minimum atomic E-state index is -0.684. The zero-order valence-electron chi connectivity index (χ0n) is 20.6. The van der Waals surface area contributed by atoms with Crippen molar-refractivity contribution in [3.8, 4) is 5.75 Å². The van der Waals surface area contributed by atoms with E-state index in [9.17, 15) is 9.59 Å². The van der Waals surface area contributed by atoms with Crippen LogP contribution < -0.4 is 10.1 Å². The van der Waals surface area contributed by atoms with Gasteiger partial charge in [0.1, 0.15) is 17.3 Å². The predicted molar refractivity (Wildman–Crippen MR) is 130 cm³/mol. The third-order valence-electron chi connectivity index (χ3n) is 7.62. The van der Waals surface area contributed by atoms with Crippen molar-refractivity contribution in [2.24, 2.45) is 5.92 Å². The monoisotopic (exact) mass is 455 g/mol. The number of carbonyl (C=O) groups excluding carboxylic acids is 2. The Morgan fingerprint density at radius 1 is 1.12 bits per heavy atom. The molecule has 4 rings (SSSR count). The zero-order valence-corrected chi connectivity index (χ0v) is 20.6. The number of piperazine rings is 1. The van der Waals surface area contributed by atoms with E-state index in [2.05, 4.69) is 55.3 Å². The van der Waals surface area contributed by atoms with Crippen LogP contribution in [0.15, 0.2) is 24.3 Å². The van der Waals surface area contributed by atoms with Crippen molar-refractivity contribution in [1.82, 2.24) is 15.1 Å². The highest BCUT2D eigenvalue weighted by Crippen LogP contribution is 2.35. The number of rotatable bonds is 9. The number of nitrogens with one attached hydrogen (secondary N) is 1. The molecule has 1 atom stereocenters. The number of ether oxygens (including phenoxy) is 1. The molecule has 1 aromatic carbocycles. The molecule has 2 heterocycles. The second-order valence-corrected chi connectivity index (χ2v) is 10.6. The van der Waals surface area contributed by atoms with E-state index in [1.807, 2.05) is 4.90 Å². The Balaban J connectivity index is 1.38. The largest absolute Gasteiger partial charge is 0.490 e. The summed E-state index contributed by atoms with van der Waals surface area (Å²) in [7, 11) is 0. The first kappa shape index (κ1) is 24.1. The number of unbranched alkanes of at least 4 members (excludes halogenated alkanes) is 1. The lowest BCUT2D eigenvalue weighted by atomic mass is 9.80. The molecule has 1 spiro atoms. The molecule has 6 nitrogen and oxygen atoms in total. The fourth-order valence-electron chi connectivity index (χ4n) is 5.34. The molecular weight excluding hydrogens is 414 g/mol. The lowest BCUT2D eigenvalue weighted by Crippen LogP contribution is -2.73. The molecule has 2 aliphatic heterocycles. The van der Waals surface area contributed by atoms with Gasteiger partial charge in [0.05, 0.1) is 6.10 Å². The van der Waals surface area contributed by atoms with E-state index in [0.717, 1.165) is 38.2 Å². The quantitative estimate of drug-likeness (QED) is 0.608. The van der Waals surface area contributed by atoms with Gasteiger partial charge in [0.25, 0.3) is 0 Å². The van der Waals surface area contributed by atoms with Gasteiger partial charge in [0.15, 0.2) is 0 Å². The minimum Gasteiger partial charge on any atom is -0.490 e. The summed E-state index contributed by atoms with van der Waals surface area (Å²) in [4.78, 5) is 31.1. The van der Waals surface area contributed by atoms with Crippen LogP contribution in [0.1, 0.15) is 77.7 Å². The van der Waals surface area contributed by atoms with Gasteiger partial charge in [-0.1, -0.05) is 39.3 Å². The van der Waals surface area contributed by atoms with Crippen LogP contribution in [0.3, 0.4) is 0 Å². The lowest BCUT2D eigenvalue weighted by molar-refractivity contribution is -0.161. The van der Waals surface area contributed by atoms with Gasteiger partial charge in [-0.15, -0.1) is 0 Å². The molecule has 0 radical (unpaired) electrons. The number of hydrogen-bond donors (Lipinski definition) is 1. The van der Waals surface area contributed by atoms with E-state index < -0.39 is 5.54 Å². The number of piperidine rings is 1. The van der Waals surface area contributed by atoms with Gasteiger partial charge >= 0.3 is 0 Å². The Morgan fingerprint density at radius 3 is 2.39 bits per heavy atom. The summed E-state index contributed by atoms with van der Waals surface area (Å²) < 4.78 is 5.97. The molecule has 3 aliphatic rings. The van der Waals surface area contributed by atoms with E-state index in [1.165, 1.54) is 24.8 Å². The highest BCUT2D eigenvalue weighted by Gasteiger charge is 2.53. The van der Waals surface area contributed by atoms with E-state index in [4.69, 9.17) is 4.74 Å². The van der Waals surface area contributed by atoms with Crippen molar-refractivity contribution in [2.75, 3.05) is 19.6 Å². The number of amides is 2. The molecule has 0 aromatic heterocycles. The Kier molecular flexibility index (Phi) is 7.62. The summed E-state index contributed by atoms with van der Waals surface area (Å²) in [6, 6.07) is 8.08. The first-order chi connectivity index (χ1) is 15.9. The van der Waals surface area contributed by atoms with Crippen molar-refractivity contribution < 1.29 is 14.3 Å². The molecule has 0 bridgehead atoms. The maximum absolute atomic E-state index is 13.4. The van der Waals surface area contributed by atoms with E-state index >= 15 is 0 Å².